The third-order valence-electron chi connectivity index (χ3n) is 1.69. The zero-order chi connectivity index (χ0) is 10.0. The fourth-order valence-electron chi connectivity index (χ4n) is 0.930. The lowest BCUT2D eigenvalue weighted by Crippen LogP contribution is -2.16. The molecule has 0 radical (unpaired) electrons. The van der Waals surface area contributed by atoms with Gasteiger partial charge in [-0.15, -0.1) is 11.6 Å². The number of hydrogen-bond acceptors (Lipinski definition) is 2. The molecule has 0 aliphatic rings. The summed E-state index contributed by atoms with van der Waals surface area (Å²) in [6, 6.07) is 0.255. The average Bonchev–Trinajstić information content (AvgIpc) is 2.50. The van der Waals surface area contributed by atoms with Crippen LogP contribution in [0.3, 0.4) is 0 Å². The second kappa shape index (κ2) is 3.79. The summed E-state index contributed by atoms with van der Waals surface area (Å²) < 4.78 is 1.73. The number of alkyl halides is 1. The molecule has 0 saturated heterocycles. The van der Waals surface area contributed by atoms with E-state index in [0.29, 0.717) is 5.56 Å². The highest BCUT2D eigenvalue weighted by Gasteiger charge is 2.16. The van der Waals surface area contributed by atoms with E-state index in [-0.39, 0.29) is 6.04 Å². The van der Waals surface area contributed by atoms with Crippen LogP contribution in [0.4, 0.5) is 0 Å². The van der Waals surface area contributed by atoms with Crippen molar-refractivity contribution in [1.82, 2.24) is 9.78 Å². The predicted molar refractivity (Wildman–Crippen MR) is 50.4 cm³/mol. The number of nitrogens with two attached hydrogens (primary N) is 1. The van der Waals surface area contributed by atoms with Gasteiger partial charge in [0.15, 0.2) is 0 Å². The Morgan fingerprint density at radius 3 is 2.69 bits per heavy atom. The van der Waals surface area contributed by atoms with Gasteiger partial charge in [0.1, 0.15) is 5.38 Å². The van der Waals surface area contributed by atoms with Gasteiger partial charge in [0.05, 0.1) is 6.20 Å². The topological polar surface area (TPSA) is 60.9 Å². The van der Waals surface area contributed by atoms with Crippen LogP contribution in [-0.4, -0.2) is 15.7 Å². The van der Waals surface area contributed by atoms with E-state index in [1.807, 2.05) is 13.8 Å². The second-order valence-corrected chi connectivity index (χ2v) is 3.55. The molecule has 1 aromatic rings. The molecular formula is C8H12ClN3O. The molecule has 72 valence electrons. The first-order valence-corrected chi connectivity index (χ1v) is 4.43. The molecule has 0 aliphatic carbocycles. The van der Waals surface area contributed by atoms with Crippen molar-refractivity contribution >= 4 is 17.5 Å². The van der Waals surface area contributed by atoms with Crippen LogP contribution in [0.2, 0.25) is 0 Å². The van der Waals surface area contributed by atoms with Gasteiger partial charge in [0.2, 0.25) is 5.91 Å². The molecular weight excluding hydrogens is 190 g/mol. The predicted octanol–water partition coefficient (Wildman–Crippen LogP) is 1.23. The first kappa shape index (κ1) is 10.1. The first-order valence-electron chi connectivity index (χ1n) is 4.00. The average molecular weight is 202 g/mol. The standard InChI is InChI=1S/C8H12ClN3O/c1-5(2)12-4-6(3-11-12)7(9)8(10)13/h3-5,7H,1-2H3,(H2,10,13). The van der Waals surface area contributed by atoms with E-state index in [0.717, 1.165) is 0 Å². The van der Waals surface area contributed by atoms with Gasteiger partial charge in [0, 0.05) is 17.8 Å². The highest BCUT2D eigenvalue weighted by atomic mass is 35.5. The van der Waals surface area contributed by atoms with E-state index in [1.165, 1.54) is 0 Å². The number of halogens is 1. The molecule has 4 nitrogen and oxygen atoms in total. The summed E-state index contributed by atoms with van der Waals surface area (Å²) >= 11 is 5.73. The minimum Gasteiger partial charge on any atom is -0.368 e. The van der Waals surface area contributed by atoms with Crippen molar-refractivity contribution in [2.24, 2.45) is 5.73 Å². The molecule has 1 heterocycles. The van der Waals surface area contributed by atoms with E-state index < -0.39 is 11.3 Å². The SMILES string of the molecule is CC(C)n1cc(C(Cl)C(N)=O)cn1. The molecule has 0 aliphatic heterocycles. The van der Waals surface area contributed by atoms with E-state index in [1.54, 1.807) is 17.1 Å². The van der Waals surface area contributed by atoms with Crippen LogP contribution in [-0.2, 0) is 4.79 Å². The maximum absolute atomic E-state index is 10.7. The fourth-order valence-corrected chi connectivity index (χ4v) is 1.04. The highest BCUT2D eigenvalue weighted by Crippen LogP contribution is 2.19. The van der Waals surface area contributed by atoms with Gasteiger partial charge in [0.25, 0.3) is 0 Å². The van der Waals surface area contributed by atoms with Gasteiger partial charge in [-0.3, -0.25) is 9.48 Å². The lowest BCUT2D eigenvalue weighted by Gasteiger charge is -2.04. The zero-order valence-corrected chi connectivity index (χ0v) is 8.32. The normalized spacial score (nSPS) is 13.2. The molecule has 5 heteroatoms. The van der Waals surface area contributed by atoms with Crippen LogP contribution in [0.25, 0.3) is 0 Å². The smallest absolute Gasteiger partial charge is 0.240 e. The number of nitrogens with zero attached hydrogens (tertiary/aromatic N) is 2. The quantitative estimate of drug-likeness (QED) is 0.748. The summed E-state index contributed by atoms with van der Waals surface area (Å²) in [5.41, 5.74) is 5.69. The van der Waals surface area contributed by atoms with E-state index in [4.69, 9.17) is 17.3 Å². The molecule has 2 N–H and O–H groups in total. The maximum atomic E-state index is 10.7. The minimum atomic E-state index is -0.785. The van der Waals surface area contributed by atoms with Crippen LogP contribution in [0.15, 0.2) is 12.4 Å². The van der Waals surface area contributed by atoms with Crippen molar-refractivity contribution in [3.8, 4) is 0 Å². The number of rotatable bonds is 3. The van der Waals surface area contributed by atoms with Crippen LogP contribution in [0.1, 0.15) is 30.8 Å². The van der Waals surface area contributed by atoms with Gasteiger partial charge in [-0.1, -0.05) is 0 Å². The van der Waals surface area contributed by atoms with Crippen LogP contribution in [0, 0.1) is 0 Å². The van der Waals surface area contributed by atoms with Gasteiger partial charge in [-0.05, 0) is 13.8 Å². The Bertz CT molecular complexity index is 308. The molecule has 0 spiro atoms. The van der Waals surface area contributed by atoms with Crippen LogP contribution in [0.5, 0.6) is 0 Å². The summed E-state index contributed by atoms with van der Waals surface area (Å²) in [4.78, 5) is 10.7. The number of amides is 1. The Labute approximate surface area is 81.7 Å². The molecule has 1 amide bonds. The number of carbonyl (C=O) groups is 1. The largest absolute Gasteiger partial charge is 0.368 e. The van der Waals surface area contributed by atoms with Gasteiger partial charge in [-0.2, -0.15) is 5.10 Å². The summed E-state index contributed by atoms with van der Waals surface area (Å²) in [6.45, 7) is 3.98. The Kier molecular flexibility index (Phi) is 2.93. The minimum absolute atomic E-state index is 0.255. The summed E-state index contributed by atoms with van der Waals surface area (Å²) in [5.74, 6) is -0.551. The molecule has 1 atom stereocenters. The summed E-state index contributed by atoms with van der Waals surface area (Å²) in [6.07, 6.45) is 3.29. The molecule has 0 aromatic carbocycles. The van der Waals surface area contributed by atoms with Crippen molar-refractivity contribution in [2.75, 3.05) is 0 Å². The molecule has 13 heavy (non-hydrogen) atoms. The molecule has 1 unspecified atom stereocenters. The lowest BCUT2D eigenvalue weighted by molar-refractivity contribution is -0.117. The van der Waals surface area contributed by atoms with Gasteiger partial charge in [-0.25, -0.2) is 0 Å². The fraction of sp³-hybridized carbons (Fsp3) is 0.500. The summed E-state index contributed by atoms with van der Waals surface area (Å²) in [7, 11) is 0. The van der Waals surface area contributed by atoms with Crippen LogP contribution < -0.4 is 5.73 Å². The Balaban J connectivity index is 2.85. The maximum Gasteiger partial charge on any atom is 0.240 e. The molecule has 0 saturated carbocycles. The Morgan fingerprint density at radius 2 is 2.31 bits per heavy atom. The van der Waals surface area contributed by atoms with E-state index in [9.17, 15) is 4.79 Å². The summed E-state index contributed by atoms with van der Waals surface area (Å²) in [5, 5.41) is 3.26. The number of primary amides is 1. The third-order valence-corrected chi connectivity index (χ3v) is 2.16. The zero-order valence-electron chi connectivity index (χ0n) is 7.57. The highest BCUT2D eigenvalue weighted by molar-refractivity contribution is 6.30. The number of aromatic nitrogens is 2. The Hall–Kier alpha value is -1.03. The van der Waals surface area contributed by atoms with Gasteiger partial charge < -0.3 is 5.73 Å². The third kappa shape index (κ3) is 2.21. The lowest BCUT2D eigenvalue weighted by atomic mass is 10.2. The van der Waals surface area contributed by atoms with Crippen molar-refractivity contribution in [3.05, 3.63) is 18.0 Å². The Morgan fingerprint density at radius 1 is 1.69 bits per heavy atom. The van der Waals surface area contributed by atoms with Gasteiger partial charge >= 0.3 is 0 Å². The first-order chi connectivity index (χ1) is 6.02. The molecule has 1 aromatic heterocycles. The van der Waals surface area contributed by atoms with Crippen LogP contribution >= 0.6 is 11.6 Å². The van der Waals surface area contributed by atoms with Crippen molar-refractivity contribution in [2.45, 2.75) is 25.3 Å². The van der Waals surface area contributed by atoms with E-state index in [2.05, 4.69) is 5.10 Å². The number of hydrogen-bond donors (Lipinski definition) is 1. The molecule has 0 bridgehead atoms. The second-order valence-electron chi connectivity index (χ2n) is 3.11. The van der Waals surface area contributed by atoms with Crippen molar-refractivity contribution < 1.29 is 4.79 Å². The molecule has 1 rings (SSSR count). The molecule has 0 fully saturated rings. The van der Waals surface area contributed by atoms with Crippen molar-refractivity contribution in [1.29, 1.82) is 0 Å². The van der Waals surface area contributed by atoms with Crippen molar-refractivity contribution in [3.63, 3.8) is 0 Å². The monoisotopic (exact) mass is 201 g/mol. The number of carbonyl (C=O) groups excluding carboxylic acids is 1. The van der Waals surface area contributed by atoms with E-state index >= 15 is 0 Å².